The van der Waals surface area contributed by atoms with Crippen molar-refractivity contribution in [3.05, 3.63) is 40.3 Å². The molecule has 15 heavy (non-hydrogen) atoms. The zero-order chi connectivity index (χ0) is 10.3. The van der Waals surface area contributed by atoms with Gasteiger partial charge in [-0.3, -0.25) is 5.10 Å². The van der Waals surface area contributed by atoms with Crippen molar-refractivity contribution in [1.82, 2.24) is 10.2 Å². The fourth-order valence-corrected chi connectivity index (χ4v) is 2.15. The Morgan fingerprint density at radius 3 is 3.00 bits per heavy atom. The van der Waals surface area contributed by atoms with E-state index in [0.717, 1.165) is 25.9 Å². The quantitative estimate of drug-likeness (QED) is 0.700. The molecule has 0 saturated carbocycles. The summed E-state index contributed by atoms with van der Waals surface area (Å²) in [5.41, 5.74) is 2.02. The third-order valence-corrected chi connectivity index (χ3v) is 3.14. The fourth-order valence-electron chi connectivity index (χ4n) is 1.58. The van der Waals surface area contributed by atoms with Gasteiger partial charge in [-0.2, -0.15) is 5.10 Å². The molecule has 0 atom stereocenters. The third-order valence-electron chi connectivity index (χ3n) is 2.31. The van der Waals surface area contributed by atoms with Crippen LogP contribution in [0.5, 0.6) is 0 Å². The van der Waals surface area contributed by atoms with E-state index in [2.05, 4.69) is 38.9 Å². The van der Waals surface area contributed by atoms with Crippen molar-refractivity contribution in [2.24, 2.45) is 0 Å². The molecular formula is C11H7IN2O. The second-order valence-electron chi connectivity index (χ2n) is 3.25. The van der Waals surface area contributed by atoms with Crippen molar-refractivity contribution in [2.75, 3.05) is 0 Å². The van der Waals surface area contributed by atoms with E-state index in [1.807, 2.05) is 24.3 Å². The summed E-state index contributed by atoms with van der Waals surface area (Å²) in [6.07, 6.45) is 1.67. The number of benzene rings is 1. The van der Waals surface area contributed by atoms with Crippen LogP contribution in [-0.2, 0) is 0 Å². The molecule has 3 rings (SSSR count). The van der Waals surface area contributed by atoms with Crippen molar-refractivity contribution in [2.45, 2.75) is 0 Å². The second-order valence-corrected chi connectivity index (χ2v) is 4.33. The minimum absolute atomic E-state index is 0.870. The summed E-state index contributed by atoms with van der Waals surface area (Å²) in [4.78, 5) is 0. The van der Waals surface area contributed by atoms with Crippen molar-refractivity contribution < 1.29 is 4.42 Å². The van der Waals surface area contributed by atoms with Crippen LogP contribution in [0.15, 0.2) is 41.0 Å². The van der Waals surface area contributed by atoms with Crippen LogP contribution < -0.4 is 0 Å². The summed E-state index contributed by atoms with van der Waals surface area (Å²) in [7, 11) is 0. The smallest absolute Gasteiger partial charge is 0.133 e. The first-order chi connectivity index (χ1) is 7.34. The third kappa shape index (κ3) is 1.45. The maximum atomic E-state index is 5.34. The topological polar surface area (TPSA) is 41.8 Å². The minimum atomic E-state index is 0.870. The Morgan fingerprint density at radius 1 is 1.27 bits per heavy atom. The number of hydrogen-bond acceptors (Lipinski definition) is 2. The summed E-state index contributed by atoms with van der Waals surface area (Å²) in [5, 5.41) is 8.31. The van der Waals surface area contributed by atoms with Gasteiger partial charge in [-0.25, -0.2) is 0 Å². The fraction of sp³-hybridized carbons (Fsp3) is 0. The number of nitrogens with zero attached hydrogens (tertiary/aromatic N) is 1. The summed E-state index contributed by atoms with van der Waals surface area (Å²) in [6.45, 7) is 0. The lowest BCUT2D eigenvalue weighted by atomic mass is 10.1. The van der Waals surface area contributed by atoms with Gasteiger partial charge in [0.05, 0.1) is 11.8 Å². The van der Waals surface area contributed by atoms with Crippen LogP contribution >= 0.6 is 22.6 Å². The predicted octanol–water partition coefficient (Wildman–Crippen LogP) is 3.43. The average Bonchev–Trinajstić information content (AvgIpc) is 2.88. The van der Waals surface area contributed by atoms with Crippen LogP contribution in [-0.4, -0.2) is 10.2 Å². The molecular weight excluding hydrogens is 303 g/mol. The summed E-state index contributed by atoms with van der Waals surface area (Å²) >= 11 is 2.24. The van der Waals surface area contributed by atoms with Crippen molar-refractivity contribution >= 4 is 33.5 Å². The van der Waals surface area contributed by atoms with E-state index in [9.17, 15) is 0 Å². The molecule has 0 amide bonds. The molecule has 0 aliphatic rings. The summed E-state index contributed by atoms with van der Waals surface area (Å²) in [6, 6.07) is 9.94. The molecule has 3 nitrogen and oxygen atoms in total. The first kappa shape index (κ1) is 8.96. The molecule has 0 fully saturated rings. The summed E-state index contributed by atoms with van der Waals surface area (Å²) in [5.74, 6) is 0.870. The standard InChI is InChI=1S/C11H7IN2O/c12-11-8-4-3-7(6-9(8)13-14-11)10-2-1-5-15-10/h1-6H,(H,13,14). The van der Waals surface area contributed by atoms with E-state index >= 15 is 0 Å². The van der Waals surface area contributed by atoms with Gasteiger partial charge in [0.1, 0.15) is 9.46 Å². The Morgan fingerprint density at radius 2 is 2.20 bits per heavy atom. The number of rotatable bonds is 1. The molecule has 0 saturated heterocycles. The number of halogens is 1. The zero-order valence-electron chi connectivity index (χ0n) is 7.70. The lowest BCUT2D eigenvalue weighted by Crippen LogP contribution is -1.74. The molecule has 0 spiro atoms. The van der Waals surface area contributed by atoms with Gasteiger partial charge in [0.25, 0.3) is 0 Å². The normalized spacial score (nSPS) is 11.0. The number of H-pyrrole nitrogens is 1. The zero-order valence-corrected chi connectivity index (χ0v) is 9.86. The van der Waals surface area contributed by atoms with Gasteiger partial charge in [0.2, 0.25) is 0 Å². The molecule has 0 aliphatic heterocycles. The molecule has 74 valence electrons. The van der Waals surface area contributed by atoms with Crippen LogP contribution in [0.3, 0.4) is 0 Å². The van der Waals surface area contributed by atoms with Crippen LogP contribution in [0.4, 0.5) is 0 Å². The maximum Gasteiger partial charge on any atom is 0.133 e. The largest absolute Gasteiger partial charge is 0.464 e. The molecule has 0 aliphatic carbocycles. The van der Waals surface area contributed by atoms with Crippen molar-refractivity contribution in [1.29, 1.82) is 0 Å². The molecule has 0 radical (unpaired) electrons. The molecule has 1 N–H and O–H groups in total. The average molecular weight is 310 g/mol. The molecule has 2 aromatic heterocycles. The van der Waals surface area contributed by atoms with E-state index in [4.69, 9.17) is 4.42 Å². The molecule has 1 aromatic carbocycles. The monoisotopic (exact) mass is 310 g/mol. The molecule has 4 heteroatoms. The Bertz CT molecular complexity index is 598. The lowest BCUT2D eigenvalue weighted by Gasteiger charge is -1.95. The van der Waals surface area contributed by atoms with Gasteiger partial charge in [0, 0.05) is 10.9 Å². The summed E-state index contributed by atoms with van der Waals surface area (Å²) < 4.78 is 6.40. The lowest BCUT2D eigenvalue weighted by molar-refractivity contribution is 0.582. The Balaban J connectivity index is 2.23. The van der Waals surface area contributed by atoms with E-state index in [0.29, 0.717) is 0 Å². The highest BCUT2D eigenvalue weighted by Crippen LogP contribution is 2.25. The van der Waals surface area contributed by atoms with E-state index in [-0.39, 0.29) is 0 Å². The van der Waals surface area contributed by atoms with Gasteiger partial charge in [-0.1, -0.05) is 6.07 Å². The van der Waals surface area contributed by atoms with E-state index in [1.54, 1.807) is 6.26 Å². The highest BCUT2D eigenvalue weighted by Gasteiger charge is 2.05. The SMILES string of the molecule is Ic1[nH]nc2cc(-c3ccco3)ccc12. The minimum Gasteiger partial charge on any atom is -0.464 e. The van der Waals surface area contributed by atoms with Gasteiger partial charge >= 0.3 is 0 Å². The number of furan rings is 1. The van der Waals surface area contributed by atoms with Crippen LogP contribution in [0.1, 0.15) is 0 Å². The Kier molecular flexibility index (Phi) is 2.02. The second kappa shape index (κ2) is 3.37. The predicted molar refractivity (Wildman–Crippen MR) is 66.5 cm³/mol. The first-order valence-electron chi connectivity index (χ1n) is 4.52. The maximum absolute atomic E-state index is 5.34. The van der Waals surface area contributed by atoms with E-state index in [1.165, 1.54) is 0 Å². The van der Waals surface area contributed by atoms with E-state index < -0.39 is 0 Å². The highest BCUT2D eigenvalue weighted by molar-refractivity contribution is 14.1. The van der Waals surface area contributed by atoms with Gasteiger partial charge in [0.15, 0.2) is 0 Å². The van der Waals surface area contributed by atoms with Crippen LogP contribution in [0.25, 0.3) is 22.2 Å². The van der Waals surface area contributed by atoms with Crippen LogP contribution in [0.2, 0.25) is 0 Å². The van der Waals surface area contributed by atoms with Gasteiger partial charge in [-0.05, 0) is 46.9 Å². The number of hydrogen-bond donors (Lipinski definition) is 1. The number of aromatic nitrogens is 2. The molecule has 3 aromatic rings. The van der Waals surface area contributed by atoms with Gasteiger partial charge in [-0.15, -0.1) is 0 Å². The first-order valence-corrected chi connectivity index (χ1v) is 5.60. The van der Waals surface area contributed by atoms with Crippen LogP contribution in [0, 0.1) is 3.70 Å². The molecule has 2 heterocycles. The number of nitrogens with one attached hydrogen (secondary N) is 1. The van der Waals surface area contributed by atoms with Crippen molar-refractivity contribution in [3.63, 3.8) is 0 Å². The molecule has 0 unspecified atom stereocenters. The number of aromatic amines is 1. The Hall–Kier alpha value is -1.30. The Labute approximate surface area is 99.6 Å². The van der Waals surface area contributed by atoms with Crippen molar-refractivity contribution in [3.8, 4) is 11.3 Å². The number of fused-ring (bicyclic) bond motifs is 1. The highest BCUT2D eigenvalue weighted by atomic mass is 127. The molecule has 0 bridgehead atoms. The van der Waals surface area contributed by atoms with Gasteiger partial charge < -0.3 is 4.42 Å².